The fourth-order valence-electron chi connectivity index (χ4n) is 3.91. The Balaban J connectivity index is 1.85. The number of ether oxygens (including phenoxy) is 1. The van der Waals surface area contributed by atoms with E-state index in [2.05, 4.69) is 17.0 Å². The molecule has 1 N–H and O–H groups in total. The molecule has 4 heteroatoms. The summed E-state index contributed by atoms with van der Waals surface area (Å²) in [6.45, 7) is 1.38. The summed E-state index contributed by atoms with van der Waals surface area (Å²) in [6.07, 6.45) is 0. The third-order valence-corrected chi connectivity index (χ3v) is 5.24. The molecule has 1 heterocycles. The van der Waals surface area contributed by atoms with Gasteiger partial charge < -0.3 is 9.84 Å². The highest BCUT2D eigenvalue weighted by Crippen LogP contribution is 2.42. The number of nitrogens with zero attached hydrogens (tertiary/aromatic N) is 1. The Bertz CT molecular complexity index is 914. The fraction of sp³-hybridized carbons (Fsp3) is 0.208. The molecule has 0 unspecified atom stereocenters. The second-order valence-corrected chi connectivity index (χ2v) is 7.04. The highest BCUT2D eigenvalue weighted by atomic mass is 16.6. The molecular weight excluding hydrogens is 350 g/mol. The summed E-state index contributed by atoms with van der Waals surface area (Å²) >= 11 is 0. The third kappa shape index (κ3) is 3.44. The molecule has 3 aromatic carbocycles. The zero-order chi connectivity index (χ0) is 19.4. The van der Waals surface area contributed by atoms with E-state index in [9.17, 15) is 9.90 Å². The zero-order valence-corrected chi connectivity index (χ0v) is 15.6. The van der Waals surface area contributed by atoms with E-state index in [1.807, 2.05) is 66.7 Å². The van der Waals surface area contributed by atoms with Gasteiger partial charge in [0.2, 0.25) is 5.60 Å². The molecule has 0 radical (unpaired) electrons. The number of carbonyl (C=O) groups is 1. The molecule has 0 aliphatic carbocycles. The van der Waals surface area contributed by atoms with E-state index < -0.39 is 17.6 Å². The van der Waals surface area contributed by atoms with Crippen LogP contribution in [0.15, 0.2) is 91.0 Å². The molecule has 1 fully saturated rings. The molecule has 1 saturated heterocycles. The van der Waals surface area contributed by atoms with Crippen LogP contribution in [-0.2, 0) is 21.7 Å². The van der Waals surface area contributed by atoms with Crippen molar-refractivity contribution in [3.63, 3.8) is 0 Å². The lowest BCUT2D eigenvalue weighted by molar-refractivity contribution is -0.169. The Kier molecular flexibility index (Phi) is 5.24. The summed E-state index contributed by atoms with van der Waals surface area (Å²) in [5, 5.41) is 11.8. The summed E-state index contributed by atoms with van der Waals surface area (Å²) in [6, 6.07) is 28.3. The Morgan fingerprint density at radius 1 is 0.893 bits per heavy atom. The van der Waals surface area contributed by atoms with Gasteiger partial charge in [-0.15, -0.1) is 0 Å². The molecule has 4 rings (SSSR count). The summed E-state index contributed by atoms with van der Waals surface area (Å²) in [4.78, 5) is 15.1. The first-order valence-electron chi connectivity index (χ1n) is 9.47. The van der Waals surface area contributed by atoms with E-state index in [1.54, 1.807) is 12.1 Å². The van der Waals surface area contributed by atoms with Gasteiger partial charge in [0, 0.05) is 13.1 Å². The summed E-state index contributed by atoms with van der Waals surface area (Å²) in [7, 11) is 0. The molecule has 4 nitrogen and oxygen atoms in total. The van der Waals surface area contributed by atoms with Gasteiger partial charge in [-0.05, 0) is 16.7 Å². The zero-order valence-electron chi connectivity index (χ0n) is 15.6. The average Bonchev–Trinajstić information content (AvgIpc) is 2.87. The number of rotatable bonds is 4. The molecule has 0 bridgehead atoms. The first kappa shape index (κ1) is 18.4. The highest BCUT2D eigenvalue weighted by Gasteiger charge is 2.51. The van der Waals surface area contributed by atoms with Crippen LogP contribution in [0.2, 0.25) is 0 Å². The van der Waals surface area contributed by atoms with Crippen LogP contribution in [0.3, 0.4) is 0 Å². The molecule has 1 aliphatic heterocycles. The maximum Gasteiger partial charge on any atom is 0.344 e. The second-order valence-electron chi connectivity index (χ2n) is 7.04. The Morgan fingerprint density at radius 2 is 1.46 bits per heavy atom. The molecule has 142 valence electrons. The number of hydrogen-bond donors (Lipinski definition) is 1. The minimum atomic E-state index is -1.80. The quantitative estimate of drug-likeness (QED) is 0.709. The predicted octanol–water partition coefficient (Wildman–Crippen LogP) is 3.67. The van der Waals surface area contributed by atoms with Gasteiger partial charge >= 0.3 is 5.97 Å². The average molecular weight is 373 g/mol. The Morgan fingerprint density at radius 3 is 2.11 bits per heavy atom. The molecule has 1 aliphatic rings. The van der Waals surface area contributed by atoms with E-state index in [1.165, 1.54) is 0 Å². The minimum Gasteiger partial charge on any atom is -0.462 e. The number of carbonyl (C=O) groups excluding carboxylic acids is 1. The normalized spacial score (nSPS) is 23.0. The van der Waals surface area contributed by atoms with Gasteiger partial charge in [-0.2, -0.15) is 0 Å². The molecule has 0 aromatic heterocycles. The monoisotopic (exact) mass is 373 g/mol. The smallest absolute Gasteiger partial charge is 0.344 e. The van der Waals surface area contributed by atoms with E-state index in [0.717, 1.165) is 11.1 Å². The minimum absolute atomic E-state index is 0.240. The van der Waals surface area contributed by atoms with Gasteiger partial charge in [0.05, 0.1) is 6.04 Å². The van der Waals surface area contributed by atoms with Crippen LogP contribution in [0, 0.1) is 0 Å². The van der Waals surface area contributed by atoms with Gasteiger partial charge in [0.1, 0.15) is 6.61 Å². The van der Waals surface area contributed by atoms with Crippen molar-refractivity contribution < 1.29 is 14.6 Å². The molecule has 0 amide bonds. The number of aliphatic hydroxyl groups is 1. The molecule has 0 spiro atoms. The van der Waals surface area contributed by atoms with Crippen LogP contribution in [0.5, 0.6) is 0 Å². The topological polar surface area (TPSA) is 49.8 Å². The van der Waals surface area contributed by atoms with E-state index >= 15 is 0 Å². The fourth-order valence-corrected chi connectivity index (χ4v) is 3.91. The molecule has 0 saturated carbocycles. The van der Waals surface area contributed by atoms with Crippen molar-refractivity contribution in [3.05, 3.63) is 108 Å². The van der Waals surface area contributed by atoms with E-state index in [0.29, 0.717) is 18.7 Å². The number of benzene rings is 3. The second kappa shape index (κ2) is 7.97. The number of esters is 1. The molecule has 3 aromatic rings. The lowest BCUT2D eigenvalue weighted by atomic mass is 9.81. The van der Waals surface area contributed by atoms with Crippen LogP contribution in [-0.4, -0.2) is 29.1 Å². The van der Waals surface area contributed by atoms with E-state index in [4.69, 9.17) is 4.74 Å². The highest BCUT2D eigenvalue weighted by molar-refractivity contribution is 5.83. The van der Waals surface area contributed by atoms with Gasteiger partial charge in [-0.25, -0.2) is 4.79 Å². The molecule has 28 heavy (non-hydrogen) atoms. The third-order valence-electron chi connectivity index (χ3n) is 5.24. The Labute approximate surface area is 165 Å². The first-order valence-corrected chi connectivity index (χ1v) is 9.47. The summed E-state index contributed by atoms with van der Waals surface area (Å²) < 4.78 is 5.46. The summed E-state index contributed by atoms with van der Waals surface area (Å²) in [5.41, 5.74) is 0.735. The van der Waals surface area contributed by atoms with Gasteiger partial charge in [-0.1, -0.05) is 91.0 Å². The van der Waals surface area contributed by atoms with Crippen LogP contribution >= 0.6 is 0 Å². The van der Waals surface area contributed by atoms with Crippen LogP contribution < -0.4 is 0 Å². The van der Waals surface area contributed by atoms with Gasteiger partial charge in [0.25, 0.3) is 0 Å². The molecule has 2 atom stereocenters. The van der Waals surface area contributed by atoms with Crippen molar-refractivity contribution in [1.82, 2.24) is 4.90 Å². The van der Waals surface area contributed by atoms with Crippen molar-refractivity contribution in [2.45, 2.75) is 18.2 Å². The van der Waals surface area contributed by atoms with Crippen molar-refractivity contribution in [1.29, 1.82) is 0 Å². The Hall–Kier alpha value is -2.95. The van der Waals surface area contributed by atoms with E-state index in [-0.39, 0.29) is 6.61 Å². The lowest BCUT2D eigenvalue weighted by Crippen LogP contribution is -2.47. The maximum absolute atomic E-state index is 13.0. The number of hydrogen-bond acceptors (Lipinski definition) is 4. The van der Waals surface area contributed by atoms with Crippen molar-refractivity contribution in [3.8, 4) is 0 Å². The standard InChI is InChI=1S/C24H23NO3/c26-23-24(27,21-14-8-3-9-15-21)22(20-12-6-2-7-13-20)25(16-17-28-23)18-19-10-4-1-5-11-19/h1-15,22,27H,16-18H2/t22-,24-/m1/s1. The maximum atomic E-state index is 13.0. The first-order chi connectivity index (χ1) is 13.7. The van der Waals surface area contributed by atoms with Crippen molar-refractivity contribution in [2.24, 2.45) is 0 Å². The molecular formula is C24H23NO3. The number of cyclic esters (lactones) is 1. The van der Waals surface area contributed by atoms with Gasteiger partial charge in [0.15, 0.2) is 0 Å². The predicted molar refractivity (Wildman–Crippen MR) is 107 cm³/mol. The SMILES string of the molecule is O=C1OCCN(Cc2ccccc2)[C@H](c2ccccc2)[C@]1(O)c1ccccc1. The van der Waals surface area contributed by atoms with Crippen molar-refractivity contribution in [2.75, 3.05) is 13.2 Å². The largest absolute Gasteiger partial charge is 0.462 e. The lowest BCUT2D eigenvalue weighted by Gasteiger charge is -2.39. The van der Waals surface area contributed by atoms with Crippen LogP contribution in [0.4, 0.5) is 0 Å². The van der Waals surface area contributed by atoms with Crippen molar-refractivity contribution >= 4 is 5.97 Å². The summed E-state index contributed by atoms with van der Waals surface area (Å²) in [5.74, 6) is -0.608. The van der Waals surface area contributed by atoms with Crippen LogP contribution in [0.1, 0.15) is 22.7 Å². The van der Waals surface area contributed by atoms with Crippen LogP contribution in [0.25, 0.3) is 0 Å². The van der Waals surface area contributed by atoms with Gasteiger partial charge in [-0.3, -0.25) is 4.90 Å².